The second kappa shape index (κ2) is 6.54. The monoisotopic (exact) mass is 322 g/mol. The van der Waals surface area contributed by atoms with Crippen molar-refractivity contribution >= 4 is 22.5 Å². The van der Waals surface area contributed by atoms with Crippen molar-refractivity contribution in [1.29, 1.82) is 0 Å². The van der Waals surface area contributed by atoms with Gasteiger partial charge in [-0.05, 0) is 24.1 Å². The lowest BCUT2D eigenvalue weighted by Crippen LogP contribution is -2.31. The van der Waals surface area contributed by atoms with Gasteiger partial charge in [-0.25, -0.2) is 0 Å². The summed E-state index contributed by atoms with van der Waals surface area (Å²) in [6, 6.07) is 9.24. The summed E-state index contributed by atoms with van der Waals surface area (Å²) in [7, 11) is 0. The third-order valence-electron chi connectivity index (χ3n) is 3.84. The van der Waals surface area contributed by atoms with Crippen molar-refractivity contribution in [3.63, 3.8) is 0 Å². The smallest absolute Gasteiger partial charge is 0.263 e. The Morgan fingerprint density at radius 3 is 2.71 bits per heavy atom. The molecule has 0 unspecified atom stereocenters. The Labute approximate surface area is 138 Å². The van der Waals surface area contributed by atoms with E-state index in [9.17, 15) is 9.59 Å². The number of pyridine rings is 2. The molecule has 24 heavy (non-hydrogen) atoms. The summed E-state index contributed by atoms with van der Waals surface area (Å²) >= 11 is 0. The van der Waals surface area contributed by atoms with Crippen LogP contribution in [0.4, 0.5) is 5.69 Å². The van der Waals surface area contributed by atoms with E-state index in [1.54, 1.807) is 18.5 Å². The molecule has 3 aromatic rings. The number of benzene rings is 1. The van der Waals surface area contributed by atoms with Gasteiger partial charge in [0.05, 0.1) is 11.2 Å². The molecule has 6 nitrogen and oxygen atoms in total. The van der Waals surface area contributed by atoms with Crippen LogP contribution in [0.1, 0.15) is 23.7 Å². The van der Waals surface area contributed by atoms with E-state index in [-0.39, 0.29) is 11.3 Å². The molecule has 2 aromatic heterocycles. The highest BCUT2D eigenvalue weighted by Crippen LogP contribution is 2.29. The first-order valence-corrected chi connectivity index (χ1v) is 7.76. The topological polar surface area (TPSA) is 101 Å². The summed E-state index contributed by atoms with van der Waals surface area (Å²) in [4.78, 5) is 31.5. The number of nitrogens with two attached hydrogens (primary N) is 1. The van der Waals surface area contributed by atoms with E-state index in [4.69, 9.17) is 5.73 Å². The Bertz CT molecular complexity index is 948. The van der Waals surface area contributed by atoms with Crippen molar-refractivity contribution in [3.05, 3.63) is 58.6 Å². The van der Waals surface area contributed by atoms with E-state index < -0.39 is 11.5 Å². The Hall–Kier alpha value is -3.15. The van der Waals surface area contributed by atoms with E-state index in [1.807, 2.05) is 31.2 Å². The third-order valence-corrected chi connectivity index (χ3v) is 3.84. The Balaban J connectivity index is 2.21. The normalized spacial score (nSPS) is 10.7. The largest absolute Gasteiger partial charge is 0.397 e. The molecule has 4 N–H and O–H groups in total. The van der Waals surface area contributed by atoms with Crippen LogP contribution in [0.3, 0.4) is 0 Å². The van der Waals surface area contributed by atoms with Gasteiger partial charge in [-0.1, -0.05) is 25.1 Å². The molecule has 0 atom stereocenters. The van der Waals surface area contributed by atoms with Crippen LogP contribution in [0.15, 0.2) is 47.5 Å². The van der Waals surface area contributed by atoms with Gasteiger partial charge in [-0.2, -0.15) is 0 Å². The number of hydrogen-bond donors (Lipinski definition) is 3. The first-order chi connectivity index (χ1) is 11.6. The molecule has 1 amide bonds. The summed E-state index contributed by atoms with van der Waals surface area (Å²) in [5, 5.41) is 3.34. The molecule has 2 heterocycles. The quantitative estimate of drug-likeness (QED) is 0.686. The number of carbonyl (C=O) groups excluding carboxylic acids is 1. The number of nitrogens with one attached hydrogen (secondary N) is 2. The van der Waals surface area contributed by atoms with Gasteiger partial charge < -0.3 is 16.0 Å². The van der Waals surface area contributed by atoms with Gasteiger partial charge in [0.25, 0.3) is 11.5 Å². The van der Waals surface area contributed by atoms with Gasteiger partial charge in [0.15, 0.2) is 0 Å². The van der Waals surface area contributed by atoms with Crippen LogP contribution in [-0.2, 0) is 0 Å². The molecular weight excluding hydrogens is 304 g/mol. The number of amides is 1. The molecule has 0 radical (unpaired) electrons. The van der Waals surface area contributed by atoms with Crippen molar-refractivity contribution in [2.75, 3.05) is 12.3 Å². The maximum absolute atomic E-state index is 12.4. The van der Waals surface area contributed by atoms with Crippen LogP contribution in [0.5, 0.6) is 0 Å². The maximum Gasteiger partial charge on any atom is 0.263 e. The summed E-state index contributed by atoms with van der Waals surface area (Å²) in [5.74, 6) is -0.452. The Morgan fingerprint density at radius 1 is 1.25 bits per heavy atom. The summed E-state index contributed by atoms with van der Waals surface area (Å²) in [6.07, 6.45) is 4.15. The third kappa shape index (κ3) is 2.74. The van der Waals surface area contributed by atoms with E-state index in [2.05, 4.69) is 15.3 Å². The molecule has 0 aliphatic heterocycles. The van der Waals surface area contributed by atoms with E-state index in [1.165, 1.54) is 0 Å². The molecule has 0 fully saturated rings. The SMILES string of the molecule is CCCNC(=O)c1c(N)c2cccc(-c3ccncc3)c2[nH]c1=O. The van der Waals surface area contributed by atoms with E-state index >= 15 is 0 Å². The maximum atomic E-state index is 12.4. The number of hydrogen-bond acceptors (Lipinski definition) is 4. The molecule has 0 bridgehead atoms. The number of rotatable bonds is 4. The average Bonchev–Trinajstić information content (AvgIpc) is 2.60. The van der Waals surface area contributed by atoms with Crippen LogP contribution in [0.25, 0.3) is 22.0 Å². The van der Waals surface area contributed by atoms with Gasteiger partial charge in [-0.15, -0.1) is 0 Å². The van der Waals surface area contributed by atoms with Crippen molar-refractivity contribution in [3.8, 4) is 11.1 Å². The van der Waals surface area contributed by atoms with Crippen molar-refractivity contribution in [1.82, 2.24) is 15.3 Å². The van der Waals surface area contributed by atoms with Gasteiger partial charge in [0.2, 0.25) is 0 Å². The van der Waals surface area contributed by atoms with Gasteiger partial charge in [0, 0.05) is 29.9 Å². The number of H-pyrrole nitrogens is 1. The van der Waals surface area contributed by atoms with Crippen LogP contribution in [0.2, 0.25) is 0 Å². The van der Waals surface area contributed by atoms with Crippen LogP contribution in [-0.4, -0.2) is 22.4 Å². The average molecular weight is 322 g/mol. The molecule has 122 valence electrons. The zero-order chi connectivity index (χ0) is 17.1. The number of para-hydroxylation sites is 1. The fourth-order valence-electron chi connectivity index (χ4n) is 2.67. The highest BCUT2D eigenvalue weighted by Gasteiger charge is 2.18. The van der Waals surface area contributed by atoms with Crippen molar-refractivity contribution < 1.29 is 4.79 Å². The number of nitrogens with zero attached hydrogens (tertiary/aromatic N) is 1. The molecule has 0 aliphatic rings. The van der Waals surface area contributed by atoms with Crippen LogP contribution in [0, 0.1) is 0 Å². The molecule has 0 aliphatic carbocycles. The van der Waals surface area contributed by atoms with Crippen LogP contribution >= 0.6 is 0 Å². The zero-order valence-electron chi connectivity index (χ0n) is 13.3. The highest BCUT2D eigenvalue weighted by molar-refractivity contribution is 6.08. The molecule has 1 aromatic carbocycles. The van der Waals surface area contributed by atoms with Crippen molar-refractivity contribution in [2.45, 2.75) is 13.3 Å². The first-order valence-electron chi connectivity index (χ1n) is 7.76. The predicted molar refractivity (Wildman–Crippen MR) is 94.8 cm³/mol. The zero-order valence-corrected chi connectivity index (χ0v) is 13.3. The molecule has 0 saturated carbocycles. The lowest BCUT2D eigenvalue weighted by Gasteiger charge is -2.12. The predicted octanol–water partition coefficient (Wildman–Crippen LogP) is 2.31. The molecule has 0 spiro atoms. The summed E-state index contributed by atoms with van der Waals surface area (Å²) in [6.45, 7) is 2.43. The second-order valence-corrected chi connectivity index (χ2v) is 5.46. The minimum Gasteiger partial charge on any atom is -0.397 e. The standard InChI is InChI=1S/C18H18N4O2/c1-2-8-21-17(23)14-15(19)13-5-3-4-12(16(13)22-18(14)24)11-6-9-20-10-7-11/h3-7,9-10H,2,8H2,1H3,(H,21,23)(H3,19,22,24). The number of carbonyl (C=O) groups is 1. The highest BCUT2D eigenvalue weighted by atomic mass is 16.2. The summed E-state index contributed by atoms with van der Waals surface area (Å²) in [5.41, 5.74) is 8.16. The van der Waals surface area contributed by atoms with Crippen molar-refractivity contribution in [2.24, 2.45) is 0 Å². The van der Waals surface area contributed by atoms with Crippen LogP contribution < -0.4 is 16.6 Å². The molecule has 6 heteroatoms. The Morgan fingerprint density at radius 2 is 2.00 bits per heavy atom. The summed E-state index contributed by atoms with van der Waals surface area (Å²) < 4.78 is 0. The fraction of sp³-hybridized carbons (Fsp3) is 0.167. The minimum atomic E-state index is -0.491. The number of anilines is 1. The lowest BCUT2D eigenvalue weighted by molar-refractivity contribution is 0.0953. The van der Waals surface area contributed by atoms with E-state index in [0.717, 1.165) is 17.5 Å². The Kier molecular flexibility index (Phi) is 4.29. The van der Waals surface area contributed by atoms with Gasteiger partial charge in [-0.3, -0.25) is 14.6 Å². The van der Waals surface area contributed by atoms with E-state index in [0.29, 0.717) is 17.4 Å². The minimum absolute atomic E-state index is 0.0390. The number of fused-ring (bicyclic) bond motifs is 1. The number of nitrogen functional groups attached to an aromatic ring is 1. The number of aromatic amines is 1. The lowest BCUT2D eigenvalue weighted by atomic mass is 10.0. The molecule has 0 saturated heterocycles. The number of aromatic nitrogens is 2. The molecular formula is C18H18N4O2. The first kappa shape index (κ1) is 15.7. The fourth-order valence-corrected chi connectivity index (χ4v) is 2.67. The molecule has 3 rings (SSSR count). The van der Waals surface area contributed by atoms with Gasteiger partial charge in [0.1, 0.15) is 5.56 Å². The van der Waals surface area contributed by atoms with Gasteiger partial charge >= 0.3 is 0 Å². The second-order valence-electron chi connectivity index (χ2n) is 5.46.